The molecule has 2 fully saturated rings. The zero-order valence-electron chi connectivity index (χ0n) is 14.8. The zero-order chi connectivity index (χ0) is 17.2. The predicted molar refractivity (Wildman–Crippen MR) is 100 cm³/mol. The van der Waals surface area contributed by atoms with Crippen LogP contribution in [0.15, 0.2) is 24.3 Å². The summed E-state index contributed by atoms with van der Waals surface area (Å²) >= 11 is 1.79. The highest BCUT2D eigenvalue weighted by atomic mass is 32.1. The van der Waals surface area contributed by atoms with E-state index in [0.29, 0.717) is 11.8 Å². The summed E-state index contributed by atoms with van der Waals surface area (Å²) in [5, 5.41) is 11.3. The molecule has 0 bridgehead atoms. The molecule has 1 aromatic heterocycles. The maximum Gasteiger partial charge on any atom is 0.253 e. The summed E-state index contributed by atoms with van der Waals surface area (Å²) in [6.45, 7) is 3.64. The third-order valence-electron chi connectivity index (χ3n) is 5.48. The van der Waals surface area contributed by atoms with Crippen molar-refractivity contribution in [1.29, 1.82) is 0 Å². The monoisotopic (exact) mass is 355 g/mol. The van der Waals surface area contributed by atoms with Crippen LogP contribution in [-0.2, 0) is 0 Å². The summed E-state index contributed by atoms with van der Waals surface area (Å²) in [7, 11) is 0. The van der Waals surface area contributed by atoms with Gasteiger partial charge < -0.3 is 4.90 Å². The molecular weight excluding hydrogens is 330 g/mol. The van der Waals surface area contributed by atoms with Gasteiger partial charge in [0.15, 0.2) is 0 Å². The van der Waals surface area contributed by atoms with Crippen LogP contribution in [0.25, 0.3) is 0 Å². The van der Waals surface area contributed by atoms with Gasteiger partial charge in [-0.1, -0.05) is 30.5 Å². The van der Waals surface area contributed by atoms with E-state index in [4.69, 9.17) is 0 Å². The van der Waals surface area contributed by atoms with Crippen molar-refractivity contribution in [2.45, 2.75) is 57.3 Å². The largest absolute Gasteiger partial charge is 0.338 e. The van der Waals surface area contributed by atoms with E-state index in [9.17, 15) is 4.79 Å². The molecule has 4 rings (SSSR count). The molecule has 0 radical (unpaired) electrons. The number of hydrogen-bond donors (Lipinski definition) is 0. The minimum Gasteiger partial charge on any atom is -0.338 e. The zero-order valence-corrected chi connectivity index (χ0v) is 15.6. The minimum atomic E-state index is 0.147. The Hall–Kier alpha value is -1.75. The molecule has 132 valence electrons. The Morgan fingerprint density at radius 1 is 1.08 bits per heavy atom. The van der Waals surface area contributed by atoms with Crippen molar-refractivity contribution in [3.05, 3.63) is 45.4 Å². The second-order valence-corrected chi connectivity index (χ2v) is 8.46. The third kappa shape index (κ3) is 3.61. The first-order chi connectivity index (χ1) is 12.2. The Morgan fingerprint density at radius 2 is 1.80 bits per heavy atom. The molecule has 0 N–H and O–H groups in total. The van der Waals surface area contributed by atoms with Gasteiger partial charge in [-0.05, 0) is 44.7 Å². The maximum absolute atomic E-state index is 12.8. The second-order valence-electron chi connectivity index (χ2n) is 7.42. The predicted octanol–water partition coefficient (Wildman–Crippen LogP) is 4.52. The first-order valence-corrected chi connectivity index (χ1v) is 10.2. The lowest BCUT2D eigenvalue weighted by atomic mass is 9.98. The molecule has 2 aliphatic rings. The maximum atomic E-state index is 12.8. The Bertz CT molecular complexity index is 751. The van der Waals surface area contributed by atoms with E-state index < -0.39 is 0 Å². The van der Waals surface area contributed by atoms with Gasteiger partial charge >= 0.3 is 0 Å². The van der Waals surface area contributed by atoms with Crippen molar-refractivity contribution in [3.8, 4) is 0 Å². The first kappa shape index (κ1) is 16.7. The fourth-order valence-electron chi connectivity index (χ4n) is 4.07. The number of piperidine rings is 1. The number of aromatic nitrogens is 2. The Labute approximate surface area is 153 Å². The lowest BCUT2D eigenvalue weighted by Crippen LogP contribution is -2.39. The summed E-state index contributed by atoms with van der Waals surface area (Å²) < 4.78 is 0. The molecular formula is C20H25N3OS. The summed E-state index contributed by atoms with van der Waals surface area (Å²) in [5.41, 5.74) is 1.93. The molecule has 1 saturated carbocycles. The average Bonchev–Trinajstić information content (AvgIpc) is 3.32. The molecule has 2 heterocycles. The fraction of sp³-hybridized carbons (Fsp3) is 0.550. The highest BCUT2D eigenvalue weighted by Crippen LogP contribution is 2.38. The van der Waals surface area contributed by atoms with Crippen molar-refractivity contribution in [3.63, 3.8) is 0 Å². The second kappa shape index (κ2) is 7.24. The lowest BCUT2D eigenvalue weighted by Gasteiger charge is -2.31. The van der Waals surface area contributed by atoms with Crippen LogP contribution in [0, 0.1) is 6.92 Å². The van der Waals surface area contributed by atoms with Crippen LogP contribution in [0.2, 0.25) is 0 Å². The quantitative estimate of drug-likeness (QED) is 0.813. The van der Waals surface area contributed by atoms with Crippen molar-refractivity contribution in [1.82, 2.24) is 15.1 Å². The van der Waals surface area contributed by atoms with E-state index in [2.05, 4.69) is 10.2 Å². The number of nitrogens with zero attached hydrogens (tertiary/aromatic N) is 3. The Kier molecular flexibility index (Phi) is 4.84. The highest BCUT2D eigenvalue weighted by molar-refractivity contribution is 7.11. The van der Waals surface area contributed by atoms with Crippen molar-refractivity contribution >= 4 is 17.2 Å². The molecule has 25 heavy (non-hydrogen) atoms. The van der Waals surface area contributed by atoms with Crippen LogP contribution >= 0.6 is 11.3 Å². The fourth-order valence-corrected chi connectivity index (χ4v) is 5.21. The molecule has 1 saturated heterocycles. The number of aryl methyl sites for hydroxylation is 1. The summed E-state index contributed by atoms with van der Waals surface area (Å²) in [6, 6.07) is 7.89. The highest BCUT2D eigenvalue weighted by Gasteiger charge is 2.29. The molecule has 2 aromatic rings. The number of likely N-dealkylation sites (tertiary alicyclic amines) is 1. The molecule has 1 amide bonds. The Balaban J connectivity index is 1.46. The van der Waals surface area contributed by atoms with Crippen LogP contribution in [-0.4, -0.2) is 34.1 Å². The van der Waals surface area contributed by atoms with E-state index in [1.54, 1.807) is 11.3 Å². The SMILES string of the molecule is Cc1cccc(C(=O)N2CCCC(c3nnc(C4CCCC4)s3)C2)c1. The smallest absolute Gasteiger partial charge is 0.253 e. The molecule has 1 unspecified atom stereocenters. The van der Waals surface area contributed by atoms with Crippen LogP contribution in [0.5, 0.6) is 0 Å². The molecule has 1 aliphatic heterocycles. The van der Waals surface area contributed by atoms with E-state index in [0.717, 1.165) is 42.1 Å². The average molecular weight is 356 g/mol. The van der Waals surface area contributed by atoms with Gasteiger partial charge in [0, 0.05) is 30.5 Å². The normalized spacial score (nSPS) is 21.6. The van der Waals surface area contributed by atoms with E-state index >= 15 is 0 Å². The van der Waals surface area contributed by atoms with Crippen molar-refractivity contribution < 1.29 is 4.79 Å². The van der Waals surface area contributed by atoms with Crippen molar-refractivity contribution in [2.24, 2.45) is 0 Å². The van der Waals surface area contributed by atoms with Gasteiger partial charge in [-0.3, -0.25) is 4.79 Å². The first-order valence-electron chi connectivity index (χ1n) is 9.40. The van der Waals surface area contributed by atoms with Crippen LogP contribution in [0.4, 0.5) is 0 Å². The van der Waals surface area contributed by atoms with E-state index in [-0.39, 0.29) is 5.91 Å². The summed E-state index contributed by atoms with van der Waals surface area (Å²) in [4.78, 5) is 14.8. The van der Waals surface area contributed by atoms with Gasteiger partial charge in [-0.2, -0.15) is 0 Å². The van der Waals surface area contributed by atoms with E-state index in [1.165, 1.54) is 30.7 Å². The number of carbonyl (C=O) groups is 1. The van der Waals surface area contributed by atoms with Crippen LogP contribution < -0.4 is 0 Å². The lowest BCUT2D eigenvalue weighted by molar-refractivity contribution is 0.0706. The Morgan fingerprint density at radius 3 is 2.56 bits per heavy atom. The number of amides is 1. The molecule has 1 aliphatic carbocycles. The number of carbonyl (C=O) groups excluding carboxylic acids is 1. The molecule has 1 aromatic carbocycles. The molecule has 1 atom stereocenters. The van der Waals surface area contributed by atoms with Gasteiger partial charge in [-0.25, -0.2) is 0 Å². The number of rotatable bonds is 3. The van der Waals surface area contributed by atoms with Gasteiger partial charge in [0.05, 0.1) is 0 Å². The van der Waals surface area contributed by atoms with Gasteiger partial charge in [0.25, 0.3) is 5.91 Å². The molecule has 0 spiro atoms. The number of hydrogen-bond acceptors (Lipinski definition) is 4. The van der Waals surface area contributed by atoms with Gasteiger partial charge in [0.1, 0.15) is 10.0 Å². The van der Waals surface area contributed by atoms with Crippen LogP contribution in [0.1, 0.15) is 76.3 Å². The standard InChI is InChI=1S/C20H25N3OS/c1-14-6-4-9-16(12-14)20(24)23-11-5-10-17(13-23)19-22-21-18(25-19)15-7-2-3-8-15/h4,6,9,12,15,17H,2-3,5,7-8,10-11,13H2,1H3. The number of benzene rings is 1. The molecule has 4 nitrogen and oxygen atoms in total. The van der Waals surface area contributed by atoms with Gasteiger partial charge in [-0.15, -0.1) is 21.5 Å². The van der Waals surface area contributed by atoms with E-state index in [1.807, 2.05) is 36.1 Å². The molecule has 5 heteroatoms. The summed E-state index contributed by atoms with van der Waals surface area (Å²) in [5.74, 6) is 1.11. The third-order valence-corrected chi connectivity index (χ3v) is 6.73. The van der Waals surface area contributed by atoms with Crippen molar-refractivity contribution in [2.75, 3.05) is 13.1 Å². The summed E-state index contributed by atoms with van der Waals surface area (Å²) in [6.07, 6.45) is 7.32. The van der Waals surface area contributed by atoms with Crippen LogP contribution in [0.3, 0.4) is 0 Å². The minimum absolute atomic E-state index is 0.147. The van der Waals surface area contributed by atoms with Gasteiger partial charge in [0.2, 0.25) is 0 Å². The topological polar surface area (TPSA) is 46.1 Å².